The minimum atomic E-state index is -0.408. The van der Waals surface area contributed by atoms with E-state index in [9.17, 15) is 19.1 Å². The molecule has 1 aliphatic carbocycles. The Balaban J connectivity index is 1.31. The lowest BCUT2D eigenvalue weighted by molar-refractivity contribution is -0.159. The van der Waals surface area contributed by atoms with E-state index < -0.39 is 5.82 Å². The topological polar surface area (TPSA) is 60.9 Å². The normalized spacial score (nSPS) is 24.6. The molecule has 0 aromatic heterocycles. The highest BCUT2D eigenvalue weighted by atomic mass is 19.1. The van der Waals surface area contributed by atoms with Crippen molar-refractivity contribution in [3.63, 3.8) is 0 Å². The van der Waals surface area contributed by atoms with Gasteiger partial charge in [-0.05, 0) is 54.8 Å². The first kappa shape index (κ1) is 22.6. The van der Waals surface area contributed by atoms with Gasteiger partial charge in [0.25, 0.3) is 5.91 Å². The zero-order chi connectivity index (χ0) is 23.7. The summed E-state index contributed by atoms with van der Waals surface area (Å²) in [6, 6.07) is 13.0. The first-order chi connectivity index (χ1) is 16.5. The van der Waals surface area contributed by atoms with E-state index in [0.717, 1.165) is 11.1 Å². The van der Waals surface area contributed by atoms with Crippen molar-refractivity contribution in [3.05, 3.63) is 71.0 Å². The van der Waals surface area contributed by atoms with Crippen LogP contribution in [0.25, 0.3) is 0 Å². The summed E-state index contributed by atoms with van der Waals surface area (Å²) in [5.74, 6) is 6.29. The summed E-state index contributed by atoms with van der Waals surface area (Å²) in [5, 5.41) is 10.0. The maximum Gasteiger partial charge on any atom is 0.254 e. The maximum atomic E-state index is 13.3. The predicted molar refractivity (Wildman–Crippen MR) is 126 cm³/mol. The molecule has 3 aliphatic rings. The average Bonchev–Trinajstić information content (AvgIpc) is 2.85. The number of nitrogens with zero attached hydrogens (tertiary/aromatic N) is 2. The third-order valence-corrected chi connectivity index (χ3v) is 7.45. The summed E-state index contributed by atoms with van der Waals surface area (Å²) in [7, 11) is 0. The summed E-state index contributed by atoms with van der Waals surface area (Å²) in [6.07, 6.45) is 6.21. The second-order valence-electron chi connectivity index (χ2n) is 9.56. The van der Waals surface area contributed by atoms with Gasteiger partial charge in [0.15, 0.2) is 0 Å². The first-order valence-electron chi connectivity index (χ1n) is 12.1. The van der Waals surface area contributed by atoms with Gasteiger partial charge < -0.3 is 14.9 Å². The zero-order valence-electron chi connectivity index (χ0n) is 19.1. The van der Waals surface area contributed by atoms with E-state index in [4.69, 9.17) is 0 Å². The monoisotopic (exact) mass is 460 g/mol. The summed E-state index contributed by atoms with van der Waals surface area (Å²) in [5.41, 5.74) is 2.37. The smallest absolute Gasteiger partial charge is 0.254 e. The van der Waals surface area contributed by atoms with Crippen molar-refractivity contribution in [2.24, 2.45) is 5.92 Å². The number of aliphatic hydroxyl groups is 1. The van der Waals surface area contributed by atoms with Crippen molar-refractivity contribution in [2.75, 3.05) is 19.7 Å². The number of benzene rings is 2. The maximum absolute atomic E-state index is 13.3. The predicted octanol–water partition coefficient (Wildman–Crippen LogP) is 3.57. The summed E-state index contributed by atoms with van der Waals surface area (Å²) in [4.78, 5) is 29.0. The van der Waals surface area contributed by atoms with Crippen molar-refractivity contribution in [3.8, 4) is 11.8 Å². The molecule has 3 atom stereocenters. The third-order valence-electron chi connectivity index (χ3n) is 7.45. The minimum Gasteiger partial charge on any atom is -0.394 e. The highest BCUT2D eigenvalue weighted by molar-refractivity contribution is 5.97. The van der Waals surface area contributed by atoms with Crippen LogP contribution in [-0.4, -0.2) is 58.5 Å². The molecule has 2 aromatic rings. The van der Waals surface area contributed by atoms with Crippen LogP contribution < -0.4 is 0 Å². The van der Waals surface area contributed by atoms with Crippen LogP contribution >= 0.6 is 0 Å². The Morgan fingerprint density at radius 2 is 1.74 bits per heavy atom. The Morgan fingerprint density at radius 1 is 1.03 bits per heavy atom. The van der Waals surface area contributed by atoms with Crippen LogP contribution in [0.3, 0.4) is 0 Å². The number of carbonyl (C=O) groups is 2. The summed E-state index contributed by atoms with van der Waals surface area (Å²) >= 11 is 0. The van der Waals surface area contributed by atoms with Gasteiger partial charge in [0.2, 0.25) is 5.91 Å². The van der Waals surface area contributed by atoms with E-state index in [2.05, 4.69) is 11.8 Å². The van der Waals surface area contributed by atoms with E-state index in [1.807, 2.05) is 24.3 Å². The molecule has 0 spiro atoms. The van der Waals surface area contributed by atoms with E-state index in [0.29, 0.717) is 18.0 Å². The molecule has 3 fully saturated rings. The molecule has 176 valence electrons. The summed E-state index contributed by atoms with van der Waals surface area (Å²) < 4.78 is 13.3. The van der Waals surface area contributed by atoms with Crippen LogP contribution in [-0.2, 0) is 4.79 Å². The standard InChI is InChI=1S/C28H29FN2O3/c29-23-14-12-22(13-15-23)28(34)30-16-24-27(25(18-32)31(24)26(33)17-30)21-10-8-20(9-11-21)7-6-19-4-2-1-3-5-19/h8-15,19,24-25,27,32H,1-5,16-18H2/t24-,25+,27-/m1/s1. The fourth-order valence-electron chi connectivity index (χ4n) is 5.65. The Kier molecular flexibility index (Phi) is 6.38. The van der Waals surface area contributed by atoms with Gasteiger partial charge in [0, 0.05) is 29.5 Å². The van der Waals surface area contributed by atoms with Gasteiger partial charge in [-0.15, -0.1) is 0 Å². The number of aliphatic hydroxyl groups excluding tert-OH is 1. The number of amides is 2. The molecule has 2 saturated heterocycles. The highest BCUT2D eigenvalue weighted by Gasteiger charge is 2.54. The van der Waals surface area contributed by atoms with Crippen molar-refractivity contribution in [1.82, 2.24) is 9.80 Å². The number of hydrogen-bond donors (Lipinski definition) is 1. The van der Waals surface area contributed by atoms with Crippen molar-refractivity contribution in [2.45, 2.75) is 50.1 Å². The molecular formula is C28H29FN2O3. The van der Waals surface area contributed by atoms with Crippen molar-refractivity contribution in [1.29, 1.82) is 0 Å². The number of fused-ring (bicyclic) bond motifs is 1. The molecule has 2 aliphatic heterocycles. The van der Waals surface area contributed by atoms with E-state index in [1.54, 1.807) is 4.90 Å². The molecule has 5 rings (SSSR count). The van der Waals surface area contributed by atoms with Crippen LogP contribution in [0.5, 0.6) is 0 Å². The Morgan fingerprint density at radius 3 is 2.41 bits per heavy atom. The molecule has 2 heterocycles. The van der Waals surface area contributed by atoms with Gasteiger partial charge >= 0.3 is 0 Å². The van der Waals surface area contributed by atoms with Gasteiger partial charge in [-0.25, -0.2) is 4.39 Å². The van der Waals surface area contributed by atoms with E-state index in [-0.39, 0.29) is 43.0 Å². The van der Waals surface area contributed by atoms with E-state index in [1.165, 1.54) is 61.3 Å². The average molecular weight is 461 g/mol. The molecule has 1 N–H and O–H groups in total. The zero-order valence-corrected chi connectivity index (χ0v) is 19.1. The number of halogens is 1. The Bertz CT molecular complexity index is 1110. The number of piperazine rings is 1. The number of carbonyl (C=O) groups excluding carboxylic acids is 2. The van der Waals surface area contributed by atoms with Crippen LogP contribution in [0.1, 0.15) is 59.5 Å². The quantitative estimate of drug-likeness (QED) is 0.713. The third kappa shape index (κ3) is 4.33. The van der Waals surface area contributed by atoms with Gasteiger partial charge in [0.1, 0.15) is 12.4 Å². The minimum absolute atomic E-state index is 0.0361. The lowest BCUT2D eigenvalue weighted by atomic mass is 9.73. The van der Waals surface area contributed by atoms with Gasteiger partial charge in [0.05, 0.1) is 18.7 Å². The lowest BCUT2D eigenvalue weighted by Gasteiger charge is -2.58. The highest BCUT2D eigenvalue weighted by Crippen LogP contribution is 2.43. The SMILES string of the molecule is O=C(c1ccc(F)cc1)N1CC(=O)N2[C@H](C1)[C@@H](c1ccc(C#CC3CCCCC3)cc1)[C@@H]2CO. The molecule has 0 bridgehead atoms. The van der Waals surface area contributed by atoms with Crippen LogP contribution in [0, 0.1) is 23.6 Å². The molecule has 0 unspecified atom stereocenters. The second-order valence-corrected chi connectivity index (χ2v) is 9.56. The lowest BCUT2D eigenvalue weighted by Crippen LogP contribution is -2.73. The Labute approximate surface area is 199 Å². The van der Waals surface area contributed by atoms with Gasteiger partial charge in [-0.2, -0.15) is 0 Å². The number of hydrogen-bond acceptors (Lipinski definition) is 3. The molecular weight excluding hydrogens is 431 g/mol. The molecule has 6 heteroatoms. The summed E-state index contributed by atoms with van der Waals surface area (Å²) in [6.45, 7) is 0.222. The fraction of sp³-hybridized carbons (Fsp3) is 0.429. The van der Waals surface area contributed by atoms with Crippen LogP contribution in [0.2, 0.25) is 0 Å². The molecule has 1 saturated carbocycles. The van der Waals surface area contributed by atoms with Gasteiger partial charge in [-0.3, -0.25) is 9.59 Å². The first-order valence-corrected chi connectivity index (χ1v) is 12.1. The van der Waals surface area contributed by atoms with Gasteiger partial charge in [-0.1, -0.05) is 43.2 Å². The molecule has 0 radical (unpaired) electrons. The molecule has 2 amide bonds. The molecule has 34 heavy (non-hydrogen) atoms. The van der Waals surface area contributed by atoms with Crippen molar-refractivity contribution < 1.29 is 19.1 Å². The number of rotatable bonds is 3. The van der Waals surface area contributed by atoms with Crippen LogP contribution in [0.4, 0.5) is 4.39 Å². The van der Waals surface area contributed by atoms with E-state index >= 15 is 0 Å². The molecule has 2 aromatic carbocycles. The second kappa shape index (κ2) is 9.60. The molecule has 5 nitrogen and oxygen atoms in total. The van der Waals surface area contributed by atoms with Crippen LogP contribution in [0.15, 0.2) is 48.5 Å². The van der Waals surface area contributed by atoms with Crippen molar-refractivity contribution >= 4 is 11.8 Å². The Hall–Kier alpha value is -3.17. The largest absolute Gasteiger partial charge is 0.394 e. The fourth-order valence-corrected chi connectivity index (χ4v) is 5.65.